The van der Waals surface area contributed by atoms with Crippen molar-refractivity contribution in [3.05, 3.63) is 31.4 Å². The molecular formula is C28H50N3O2+. The van der Waals surface area contributed by atoms with Gasteiger partial charge in [0, 0.05) is 19.5 Å². The van der Waals surface area contributed by atoms with Crippen molar-refractivity contribution in [2.75, 3.05) is 13.1 Å². The Morgan fingerprint density at radius 1 is 0.879 bits per heavy atom. The normalized spacial score (nSPS) is 11.0. The predicted molar refractivity (Wildman–Crippen MR) is 137 cm³/mol. The second-order valence-corrected chi connectivity index (χ2v) is 9.28. The number of hydrogen-bond donors (Lipinski definition) is 0. The summed E-state index contributed by atoms with van der Waals surface area (Å²) in [7, 11) is 0. The standard InChI is InChI=1S/C28H50N3O2/c1-4-7-8-9-10-11-12-13-14-15-17-21-29-24-25-30(26-29)23-20-28(33)31(6-3)22-18-16-19-27(32)5-2/h5,24-26H,2,4,6-23H2,1,3H3/q+1. The Morgan fingerprint density at radius 3 is 2.12 bits per heavy atom. The molecule has 0 N–H and O–H groups in total. The molecule has 0 saturated carbocycles. The van der Waals surface area contributed by atoms with Gasteiger partial charge in [0.25, 0.3) is 0 Å². The molecule has 0 unspecified atom stereocenters. The van der Waals surface area contributed by atoms with Gasteiger partial charge in [-0.15, -0.1) is 0 Å². The van der Waals surface area contributed by atoms with E-state index >= 15 is 0 Å². The molecule has 1 rings (SSSR count). The van der Waals surface area contributed by atoms with Crippen LogP contribution in [0.1, 0.15) is 110 Å². The van der Waals surface area contributed by atoms with E-state index < -0.39 is 0 Å². The Kier molecular flexibility index (Phi) is 17.3. The smallest absolute Gasteiger partial charge is 0.243 e. The number of hydrogen-bond acceptors (Lipinski definition) is 2. The quantitative estimate of drug-likeness (QED) is 0.117. The fourth-order valence-electron chi connectivity index (χ4n) is 4.21. The Bertz CT molecular complexity index is 653. The van der Waals surface area contributed by atoms with E-state index in [2.05, 4.69) is 41.4 Å². The number of allylic oxidation sites excluding steroid dienone is 1. The predicted octanol–water partition coefficient (Wildman–Crippen LogP) is 6.25. The lowest BCUT2D eigenvalue weighted by atomic mass is 10.1. The van der Waals surface area contributed by atoms with E-state index in [4.69, 9.17) is 0 Å². The number of unbranched alkanes of at least 4 members (excludes halogenated alkanes) is 11. The number of ketones is 1. The zero-order valence-corrected chi connectivity index (χ0v) is 21.6. The number of amides is 1. The minimum absolute atomic E-state index is 0.0819. The molecule has 0 bridgehead atoms. The molecule has 188 valence electrons. The Hall–Kier alpha value is -1.91. The maximum atomic E-state index is 12.5. The van der Waals surface area contributed by atoms with E-state index in [1.165, 1.54) is 76.7 Å². The fourth-order valence-corrected chi connectivity index (χ4v) is 4.21. The number of aryl methyl sites for hydroxylation is 2. The highest BCUT2D eigenvalue weighted by molar-refractivity contribution is 5.88. The van der Waals surface area contributed by atoms with Gasteiger partial charge in [0.2, 0.25) is 12.2 Å². The molecule has 0 aliphatic rings. The summed E-state index contributed by atoms with van der Waals surface area (Å²) >= 11 is 0. The van der Waals surface area contributed by atoms with Crippen LogP contribution in [0.2, 0.25) is 0 Å². The monoisotopic (exact) mass is 460 g/mol. The van der Waals surface area contributed by atoms with Gasteiger partial charge in [-0.1, -0.05) is 71.3 Å². The number of imidazole rings is 1. The third-order valence-electron chi connectivity index (χ3n) is 6.41. The molecule has 1 amide bonds. The number of carbonyl (C=O) groups is 2. The molecule has 0 aliphatic carbocycles. The van der Waals surface area contributed by atoms with E-state index in [0.717, 1.165) is 39.0 Å². The Balaban J connectivity index is 2.11. The molecule has 1 heterocycles. The van der Waals surface area contributed by atoms with Gasteiger partial charge in [0.1, 0.15) is 12.4 Å². The van der Waals surface area contributed by atoms with Gasteiger partial charge in [-0.05, 0) is 38.7 Å². The summed E-state index contributed by atoms with van der Waals surface area (Å²) in [6, 6.07) is 0. The Morgan fingerprint density at radius 2 is 1.52 bits per heavy atom. The second-order valence-electron chi connectivity index (χ2n) is 9.28. The largest absolute Gasteiger partial charge is 0.343 e. The van der Waals surface area contributed by atoms with E-state index in [-0.39, 0.29) is 11.7 Å². The molecule has 0 atom stereocenters. The fraction of sp³-hybridized carbons (Fsp3) is 0.750. The third kappa shape index (κ3) is 14.8. The van der Waals surface area contributed by atoms with Gasteiger partial charge in [-0.3, -0.25) is 9.59 Å². The summed E-state index contributed by atoms with van der Waals surface area (Å²) < 4.78 is 4.36. The molecule has 5 heteroatoms. The zero-order chi connectivity index (χ0) is 24.2. The maximum absolute atomic E-state index is 12.5. The first-order valence-corrected chi connectivity index (χ1v) is 13.6. The van der Waals surface area contributed by atoms with Crippen LogP contribution in [-0.2, 0) is 22.7 Å². The number of rotatable bonds is 22. The van der Waals surface area contributed by atoms with Gasteiger partial charge in [0.05, 0.1) is 19.5 Å². The van der Waals surface area contributed by atoms with Crippen LogP contribution in [0.5, 0.6) is 0 Å². The lowest BCUT2D eigenvalue weighted by Crippen LogP contribution is -2.33. The molecule has 5 nitrogen and oxygen atoms in total. The minimum Gasteiger partial charge on any atom is -0.343 e. The van der Waals surface area contributed by atoms with Crippen LogP contribution in [0.3, 0.4) is 0 Å². The van der Waals surface area contributed by atoms with Crippen LogP contribution in [-0.4, -0.2) is 34.2 Å². The third-order valence-corrected chi connectivity index (χ3v) is 6.41. The van der Waals surface area contributed by atoms with Crippen molar-refractivity contribution in [1.82, 2.24) is 9.47 Å². The van der Waals surface area contributed by atoms with Gasteiger partial charge in [-0.2, -0.15) is 0 Å². The van der Waals surface area contributed by atoms with E-state index in [1.54, 1.807) is 0 Å². The van der Waals surface area contributed by atoms with E-state index in [9.17, 15) is 9.59 Å². The Labute approximate surface area is 203 Å². The van der Waals surface area contributed by atoms with Gasteiger partial charge in [0.15, 0.2) is 5.78 Å². The summed E-state index contributed by atoms with van der Waals surface area (Å²) in [4.78, 5) is 25.7. The second kappa shape index (κ2) is 19.5. The van der Waals surface area contributed by atoms with Crippen molar-refractivity contribution in [3.63, 3.8) is 0 Å². The first-order chi connectivity index (χ1) is 16.1. The van der Waals surface area contributed by atoms with Gasteiger partial charge < -0.3 is 4.90 Å². The van der Waals surface area contributed by atoms with Crippen LogP contribution < -0.4 is 4.57 Å². The molecule has 1 aromatic rings. The summed E-state index contributed by atoms with van der Waals surface area (Å²) in [5.74, 6) is 0.275. The van der Waals surface area contributed by atoms with Crippen LogP contribution >= 0.6 is 0 Å². The SMILES string of the molecule is C=CC(=O)CCCCN(CC)C(=O)CCn1cc[n+](CCCCCCCCCCCCC)c1. The molecule has 33 heavy (non-hydrogen) atoms. The van der Waals surface area contributed by atoms with Crippen LogP contribution in [0.4, 0.5) is 0 Å². The van der Waals surface area contributed by atoms with Crippen molar-refractivity contribution < 1.29 is 14.2 Å². The molecule has 0 fully saturated rings. The number of carbonyl (C=O) groups excluding carboxylic acids is 2. The molecule has 1 aromatic heterocycles. The minimum atomic E-state index is 0.0819. The van der Waals surface area contributed by atoms with E-state index in [0.29, 0.717) is 12.8 Å². The molecular weight excluding hydrogens is 410 g/mol. The van der Waals surface area contributed by atoms with Crippen molar-refractivity contribution in [1.29, 1.82) is 0 Å². The number of nitrogens with zero attached hydrogens (tertiary/aromatic N) is 3. The number of aromatic nitrogens is 2. The van der Waals surface area contributed by atoms with Crippen molar-refractivity contribution in [2.45, 2.75) is 123 Å². The van der Waals surface area contributed by atoms with Gasteiger partial charge >= 0.3 is 0 Å². The summed E-state index contributed by atoms with van der Waals surface area (Å²) in [5, 5.41) is 0. The molecule has 0 saturated heterocycles. The highest BCUT2D eigenvalue weighted by Gasteiger charge is 2.13. The molecule has 0 radical (unpaired) electrons. The lowest BCUT2D eigenvalue weighted by molar-refractivity contribution is -0.696. The van der Waals surface area contributed by atoms with Crippen LogP contribution in [0.15, 0.2) is 31.4 Å². The van der Waals surface area contributed by atoms with Crippen molar-refractivity contribution in [2.24, 2.45) is 0 Å². The summed E-state index contributed by atoms with van der Waals surface area (Å²) in [6.45, 7) is 11.0. The highest BCUT2D eigenvalue weighted by atomic mass is 16.2. The summed E-state index contributed by atoms with van der Waals surface area (Å²) in [5.41, 5.74) is 0. The van der Waals surface area contributed by atoms with Crippen LogP contribution in [0, 0.1) is 0 Å². The first kappa shape index (κ1) is 29.1. The maximum Gasteiger partial charge on any atom is 0.243 e. The van der Waals surface area contributed by atoms with E-state index in [1.807, 2.05) is 11.8 Å². The summed E-state index contributed by atoms with van der Waals surface area (Å²) in [6.07, 6.45) is 25.4. The van der Waals surface area contributed by atoms with Crippen molar-refractivity contribution >= 4 is 11.7 Å². The molecule has 0 aromatic carbocycles. The average Bonchev–Trinajstić information content (AvgIpc) is 3.28. The topological polar surface area (TPSA) is 46.2 Å². The van der Waals surface area contributed by atoms with Crippen LogP contribution in [0.25, 0.3) is 0 Å². The first-order valence-electron chi connectivity index (χ1n) is 13.6. The van der Waals surface area contributed by atoms with Crippen molar-refractivity contribution in [3.8, 4) is 0 Å². The highest BCUT2D eigenvalue weighted by Crippen LogP contribution is 2.11. The lowest BCUT2D eigenvalue weighted by Gasteiger charge is -2.20. The zero-order valence-electron chi connectivity index (χ0n) is 21.6. The van der Waals surface area contributed by atoms with Gasteiger partial charge in [-0.25, -0.2) is 9.13 Å². The molecule has 0 aliphatic heterocycles. The molecule has 0 spiro atoms. The average molecular weight is 461 g/mol.